The summed E-state index contributed by atoms with van der Waals surface area (Å²) in [6, 6.07) is 3.51. The van der Waals surface area contributed by atoms with Crippen molar-refractivity contribution in [3.05, 3.63) is 24.2 Å². The number of nitrogens with zero attached hydrogens (tertiary/aromatic N) is 3. The summed E-state index contributed by atoms with van der Waals surface area (Å²) in [5.74, 6) is 1.59. The smallest absolute Gasteiger partial charge is 0.258 e. The number of nitrogen functional groups attached to an aromatic ring is 1. The Hall–Kier alpha value is -1.95. The molecule has 6 nitrogen and oxygen atoms in total. The van der Waals surface area contributed by atoms with E-state index in [1.165, 1.54) is 6.42 Å². The van der Waals surface area contributed by atoms with Crippen LogP contribution in [0.3, 0.4) is 0 Å². The number of anilines is 1. The van der Waals surface area contributed by atoms with Crippen LogP contribution in [0.5, 0.6) is 0 Å². The number of nitrogens with two attached hydrogens (primary N) is 1. The summed E-state index contributed by atoms with van der Waals surface area (Å²) in [5.41, 5.74) is 6.42. The lowest BCUT2D eigenvalue weighted by Crippen LogP contribution is -2.21. The molecule has 100 valence electrons. The van der Waals surface area contributed by atoms with Gasteiger partial charge in [0.2, 0.25) is 0 Å². The van der Waals surface area contributed by atoms with Crippen molar-refractivity contribution >= 4 is 5.82 Å². The Labute approximate surface area is 111 Å². The molecule has 19 heavy (non-hydrogen) atoms. The molecular formula is C13H16N4O2. The zero-order valence-electron chi connectivity index (χ0n) is 10.6. The first-order valence-corrected chi connectivity index (χ1v) is 6.47. The maximum atomic E-state index is 5.66. The van der Waals surface area contributed by atoms with Crippen molar-refractivity contribution in [2.45, 2.75) is 31.8 Å². The van der Waals surface area contributed by atoms with E-state index >= 15 is 0 Å². The molecule has 0 saturated carbocycles. The third-order valence-corrected chi connectivity index (χ3v) is 3.18. The number of hydrogen-bond acceptors (Lipinski definition) is 6. The number of hydrogen-bond donors (Lipinski definition) is 1. The van der Waals surface area contributed by atoms with Crippen LogP contribution in [0.4, 0.5) is 5.82 Å². The van der Waals surface area contributed by atoms with Crippen molar-refractivity contribution in [2.24, 2.45) is 0 Å². The summed E-state index contributed by atoms with van der Waals surface area (Å²) in [6.07, 6.45) is 5.94. The summed E-state index contributed by atoms with van der Waals surface area (Å²) in [6.45, 7) is 0.830. The fraction of sp³-hybridized carbons (Fsp3) is 0.462. The highest BCUT2D eigenvalue weighted by molar-refractivity contribution is 5.56. The zero-order chi connectivity index (χ0) is 13.1. The standard InChI is InChI=1S/C13H16N4O2/c14-11-7-9(4-5-15-11)13-16-12(17-19-13)8-10-3-1-2-6-18-10/h4-5,7,10H,1-3,6,8H2,(H2,14,15). The van der Waals surface area contributed by atoms with Crippen molar-refractivity contribution in [3.63, 3.8) is 0 Å². The molecule has 6 heteroatoms. The molecule has 2 N–H and O–H groups in total. The molecule has 2 aromatic rings. The molecule has 1 atom stereocenters. The molecule has 3 rings (SSSR count). The van der Waals surface area contributed by atoms with Crippen LogP contribution in [0.25, 0.3) is 11.5 Å². The normalized spacial score (nSPS) is 19.5. The van der Waals surface area contributed by atoms with Crippen molar-refractivity contribution in [1.29, 1.82) is 0 Å². The third-order valence-electron chi connectivity index (χ3n) is 3.18. The number of rotatable bonds is 3. The van der Waals surface area contributed by atoms with Crippen molar-refractivity contribution in [3.8, 4) is 11.5 Å². The van der Waals surface area contributed by atoms with Crippen LogP contribution < -0.4 is 5.73 Å². The first-order chi connectivity index (χ1) is 9.31. The largest absolute Gasteiger partial charge is 0.384 e. The molecule has 0 amide bonds. The van der Waals surface area contributed by atoms with E-state index in [1.807, 2.05) is 0 Å². The maximum absolute atomic E-state index is 5.66. The van der Waals surface area contributed by atoms with E-state index < -0.39 is 0 Å². The quantitative estimate of drug-likeness (QED) is 0.905. The predicted octanol–water partition coefficient (Wildman–Crippen LogP) is 1.83. The Morgan fingerprint density at radius 3 is 3.11 bits per heavy atom. The molecule has 3 heterocycles. The van der Waals surface area contributed by atoms with Crippen LogP contribution in [0.1, 0.15) is 25.1 Å². The molecule has 1 saturated heterocycles. The van der Waals surface area contributed by atoms with Gasteiger partial charge < -0.3 is 15.0 Å². The van der Waals surface area contributed by atoms with Crippen molar-refractivity contribution < 1.29 is 9.26 Å². The van der Waals surface area contributed by atoms with Gasteiger partial charge >= 0.3 is 0 Å². The molecule has 1 fully saturated rings. The Kier molecular flexibility index (Phi) is 3.41. The van der Waals surface area contributed by atoms with Gasteiger partial charge in [0.25, 0.3) is 5.89 Å². The van der Waals surface area contributed by atoms with Gasteiger partial charge in [-0.3, -0.25) is 0 Å². The van der Waals surface area contributed by atoms with Crippen LogP contribution in [-0.2, 0) is 11.2 Å². The minimum absolute atomic E-state index is 0.210. The lowest BCUT2D eigenvalue weighted by Gasteiger charge is -2.20. The van der Waals surface area contributed by atoms with E-state index in [0.29, 0.717) is 24.0 Å². The molecule has 1 aliphatic rings. The second-order valence-corrected chi connectivity index (χ2v) is 4.68. The Balaban J connectivity index is 1.72. The summed E-state index contributed by atoms with van der Waals surface area (Å²) >= 11 is 0. The first-order valence-electron chi connectivity index (χ1n) is 6.47. The van der Waals surface area contributed by atoms with Gasteiger partial charge in [-0.05, 0) is 31.4 Å². The molecule has 1 unspecified atom stereocenters. The van der Waals surface area contributed by atoms with Gasteiger partial charge in [-0.25, -0.2) is 4.98 Å². The third kappa shape index (κ3) is 2.90. The minimum Gasteiger partial charge on any atom is -0.384 e. The second-order valence-electron chi connectivity index (χ2n) is 4.68. The van der Waals surface area contributed by atoms with Gasteiger partial charge in [0, 0.05) is 24.8 Å². The lowest BCUT2D eigenvalue weighted by molar-refractivity contribution is 0.0153. The maximum Gasteiger partial charge on any atom is 0.258 e. The van der Waals surface area contributed by atoms with E-state index in [9.17, 15) is 0 Å². The van der Waals surface area contributed by atoms with Gasteiger partial charge in [0.05, 0.1) is 6.10 Å². The van der Waals surface area contributed by atoms with Gasteiger partial charge in [0.1, 0.15) is 5.82 Å². The van der Waals surface area contributed by atoms with Gasteiger partial charge in [-0.1, -0.05) is 5.16 Å². The summed E-state index contributed by atoms with van der Waals surface area (Å²) in [5, 5.41) is 3.99. The highest BCUT2D eigenvalue weighted by atomic mass is 16.5. The monoisotopic (exact) mass is 260 g/mol. The summed E-state index contributed by atoms with van der Waals surface area (Å²) in [4.78, 5) is 8.31. The molecule has 0 bridgehead atoms. The van der Waals surface area contributed by atoms with E-state index in [0.717, 1.165) is 25.0 Å². The van der Waals surface area contributed by atoms with Gasteiger partial charge in [0.15, 0.2) is 5.82 Å². The second kappa shape index (κ2) is 5.36. The topological polar surface area (TPSA) is 87.1 Å². The lowest BCUT2D eigenvalue weighted by atomic mass is 10.1. The number of aromatic nitrogens is 3. The average Bonchev–Trinajstić information content (AvgIpc) is 2.88. The van der Waals surface area contributed by atoms with E-state index in [1.54, 1.807) is 18.3 Å². The van der Waals surface area contributed by atoms with Crippen LogP contribution >= 0.6 is 0 Å². The molecule has 0 spiro atoms. The molecular weight excluding hydrogens is 244 g/mol. The fourth-order valence-electron chi connectivity index (χ4n) is 2.21. The minimum atomic E-state index is 0.210. The van der Waals surface area contributed by atoms with Crippen LogP contribution in [-0.4, -0.2) is 27.8 Å². The summed E-state index contributed by atoms with van der Waals surface area (Å²) in [7, 11) is 0. The molecule has 0 aromatic carbocycles. The highest BCUT2D eigenvalue weighted by Crippen LogP contribution is 2.20. The predicted molar refractivity (Wildman–Crippen MR) is 69.2 cm³/mol. The average molecular weight is 260 g/mol. The summed E-state index contributed by atoms with van der Waals surface area (Å²) < 4.78 is 10.9. The first kappa shape index (κ1) is 12.1. The van der Waals surface area contributed by atoms with Crippen LogP contribution in [0.15, 0.2) is 22.9 Å². The molecule has 2 aromatic heterocycles. The van der Waals surface area contributed by atoms with Crippen LogP contribution in [0, 0.1) is 0 Å². The highest BCUT2D eigenvalue weighted by Gasteiger charge is 2.18. The van der Waals surface area contributed by atoms with Gasteiger partial charge in [-0.15, -0.1) is 0 Å². The Morgan fingerprint density at radius 1 is 1.37 bits per heavy atom. The van der Waals surface area contributed by atoms with E-state index in [-0.39, 0.29) is 6.10 Å². The molecule has 0 radical (unpaired) electrons. The van der Waals surface area contributed by atoms with E-state index in [2.05, 4.69) is 15.1 Å². The van der Waals surface area contributed by atoms with Crippen molar-refractivity contribution in [1.82, 2.24) is 15.1 Å². The molecule has 1 aliphatic heterocycles. The molecule has 0 aliphatic carbocycles. The zero-order valence-corrected chi connectivity index (χ0v) is 10.6. The van der Waals surface area contributed by atoms with Gasteiger partial charge in [-0.2, -0.15) is 4.98 Å². The Morgan fingerprint density at radius 2 is 2.32 bits per heavy atom. The van der Waals surface area contributed by atoms with E-state index in [4.69, 9.17) is 15.0 Å². The SMILES string of the molecule is Nc1cc(-c2nc(CC3CCCCO3)no2)ccn1. The number of pyridine rings is 1. The van der Waals surface area contributed by atoms with Crippen LogP contribution in [0.2, 0.25) is 0 Å². The Bertz CT molecular complexity index is 549. The number of ether oxygens (including phenoxy) is 1. The van der Waals surface area contributed by atoms with Crippen molar-refractivity contribution in [2.75, 3.05) is 12.3 Å². The fourth-order valence-corrected chi connectivity index (χ4v) is 2.21.